The Bertz CT molecular complexity index is 573. The first-order valence-electron chi connectivity index (χ1n) is 6.59. The van der Waals surface area contributed by atoms with E-state index >= 15 is 0 Å². The molecule has 0 aliphatic carbocycles. The van der Waals surface area contributed by atoms with Crippen LogP contribution in [-0.4, -0.2) is 23.0 Å². The highest BCUT2D eigenvalue weighted by molar-refractivity contribution is 9.10. The van der Waals surface area contributed by atoms with Crippen LogP contribution in [0.1, 0.15) is 31.9 Å². The van der Waals surface area contributed by atoms with Crippen LogP contribution in [0.4, 0.5) is 0 Å². The number of halogens is 1. The van der Waals surface area contributed by atoms with Crippen molar-refractivity contribution in [2.24, 2.45) is 5.41 Å². The molecular weight excluding hydrogens is 334 g/mol. The fourth-order valence-corrected chi connectivity index (χ4v) is 2.40. The normalized spacial score (nSPS) is 13.2. The molecule has 0 heterocycles. The van der Waals surface area contributed by atoms with Crippen molar-refractivity contribution in [1.82, 2.24) is 5.32 Å². The lowest BCUT2D eigenvalue weighted by atomic mass is 9.87. The number of benzene rings is 1. The number of carbonyl (C=O) groups is 2. The van der Waals surface area contributed by atoms with Crippen LogP contribution >= 0.6 is 15.9 Å². The van der Waals surface area contributed by atoms with Gasteiger partial charge in [0.25, 0.3) is 0 Å². The smallest absolute Gasteiger partial charge is 0.326 e. The maximum atomic E-state index is 11.9. The zero-order valence-electron chi connectivity index (χ0n) is 12.6. The summed E-state index contributed by atoms with van der Waals surface area (Å²) >= 11 is 3.43. The molecule has 0 spiro atoms. The van der Waals surface area contributed by atoms with Gasteiger partial charge in [0.1, 0.15) is 6.04 Å². The molecule has 1 unspecified atom stereocenters. The molecule has 4 nitrogen and oxygen atoms in total. The second kappa shape index (κ2) is 6.89. The number of hydrogen-bond donors (Lipinski definition) is 2. The zero-order chi connectivity index (χ0) is 16.2. The van der Waals surface area contributed by atoms with E-state index in [2.05, 4.69) is 21.2 Å². The first kappa shape index (κ1) is 17.4. The number of carbonyl (C=O) groups excluding carboxylic acids is 1. The van der Waals surface area contributed by atoms with Crippen molar-refractivity contribution in [3.05, 3.63) is 39.9 Å². The molecule has 5 heteroatoms. The second-order valence-corrected chi connectivity index (χ2v) is 6.86. The van der Waals surface area contributed by atoms with Gasteiger partial charge in [-0.05, 0) is 35.6 Å². The van der Waals surface area contributed by atoms with Crippen LogP contribution in [0, 0.1) is 12.3 Å². The van der Waals surface area contributed by atoms with E-state index < -0.39 is 23.3 Å². The number of carboxylic acids is 1. The van der Waals surface area contributed by atoms with E-state index in [4.69, 9.17) is 0 Å². The van der Waals surface area contributed by atoms with Gasteiger partial charge in [-0.3, -0.25) is 4.79 Å². The Kier molecular flexibility index (Phi) is 5.72. The molecule has 0 bridgehead atoms. The largest absolute Gasteiger partial charge is 0.480 e. The summed E-state index contributed by atoms with van der Waals surface area (Å²) in [5.41, 5.74) is 1.42. The molecule has 0 saturated carbocycles. The maximum Gasteiger partial charge on any atom is 0.326 e. The van der Waals surface area contributed by atoms with Crippen LogP contribution < -0.4 is 5.32 Å². The highest BCUT2D eigenvalue weighted by atomic mass is 79.9. The van der Waals surface area contributed by atoms with Crippen LogP contribution in [0.15, 0.2) is 28.7 Å². The van der Waals surface area contributed by atoms with E-state index in [1.54, 1.807) is 26.8 Å². The number of aryl methyl sites for hydroxylation is 1. The predicted molar refractivity (Wildman–Crippen MR) is 86.9 cm³/mol. The molecular formula is C16H20BrNO3. The van der Waals surface area contributed by atoms with Gasteiger partial charge in [-0.15, -0.1) is 0 Å². The lowest BCUT2D eigenvalue weighted by Crippen LogP contribution is -2.48. The third kappa shape index (κ3) is 5.34. The number of amides is 1. The summed E-state index contributed by atoms with van der Waals surface area (Å²) in [5, 5.41) is 11.7. The van der Waals surface area contributed by atoms with Gasteiger partial charge >= 0.3 is 5.97 Å². The first-order chi connectivity index (χ1) is 9.61. The molecule has 0 fully saturated rings. The quantitative estimate of drug-likeness (QED) is 0.815. The Labute approximate surface area is 133 Å². The van der Waals surface area contributed by atoms with E-state index in [0.29, 0.717) is 0 Å². The van der Waals surface area contributed by atoms with Crippen molar-refractivity contribution < 1.29 is 14.7 Å². The lowest BCUT2D eigenvalue weighted by molar-refractivity contribution is -0.144. The fourth-order valence-electron chi connectivity index (χ4n) is 1.77. The summed E-state index contributed by atoms with van der Waals surface area (Å²) in [4.78, 5) is 23.1. The van der Waals surface area contributed by atoms with E-state index in [1.165, 1.54) is 6.08 Å². The van der Waals surface area contributed by atoms with Gasteiger partial charge in [-0.25, -0.2) is 4.79 Å². The fraction of sp³-hybridized carbons (Fsp3) is 0.375. The minimum atomic E-state index is -1.04. The van der Waals surface area contributed by atoms with E-state index in [-0.39, 0.29) is 0 Å². The van der Waals surface area contributed by atoms with Crippen LogP contribution in [0.5, 0.6) is 0 Å². The molecule has 0 aliphatic rings. The molecule has 1 amide bonds. The summed E-state index contributed by atoms with van der Waals surface area (Å²) in [6.07, 6.45) is 3.00. The molecule has 0 aliphatic heterocycles. The Morgan fingerprint density at radius 1 is 1.33 bits per heavy atom. The van der Waals surface area contributed by atoms with Gasteiger partial charge in [0.15, 0.2) is 0 Å². The van der Waals surface area contributed by atoms with Crippen molar-refractivity contribution >= 4 is 33.9 Å². The Hall–Kier alpha value is -1.62. The number of aliphatic carboxylic acids is 1. The van der Waals surface area contributed by atoms with Crippen molar-refractivity contribution in [2.45, 2.75) is 33.7 Å². The monoisotopic (exact) mass is 353 g/mol. The molecule has 1 aromatic carbocycles. The third-order valence-electron chi connectivity index (χ3n) is 2.97. The predicted octanol–water partition coefficient (Wildman–Crippen LogP) is 3.39. The summed E-state index contributed by atoms with van der Waals surface area (Å²) in [5.74, 6) is -1.47. The van der Waals surface area contributed by atoms with Crippen molar-refractivity contribution in [1.29, 1.82) is 0 Å². The molecule has 1 aromatic rings. The minimum Gasteiger partial charge on any atom is -0.480 e. The van der Waals surface area contributed by atoms with Gasteiger partial charge in [0, 0.05) is 10.5 Å². The summed E-state index contributed by atoms with van der Waals surface area (Å²) < 4.78 is 0.886. The Balaban J connectivity index is 2.81. The molecule has 0 saturated heterocycles. The highest BCUT2D eigenvalue weighted by Gasteiger charge is 2.31. The van der Waals surface area contributed by atoms with Gasteiger partial charge < -0.3 is 10.4 Å². The number of nitrogens with one attached hydrogen (secondary N) is 1. The number of carboxylic acid groups (broad SMARTS) is 1. The highest BCUT2D eigenvalue weighted by Crippen LogP contribution is 2.21. The lowest BCUT2D eigenvalue weighted by Gasteiger charge is -2.27. The van der Waals surface area contributed by atoms with Gasteiger partial charge in [0.2, 0.25) is 5.91 Å². The van der Waals surface area contributed by atoms with Gasteiger partial charge in [-0.1, -0.05) is 48.8 Å². The zero-order valence-corrected chi connectivity index (χ0v) is 14.2. The van der Waals surface area contributed by atoms with Crippen LogP contribution in [0.2, 0.25) is 0 Å². The standard InChI is InChI=1S/C16H20BrNO3/c1-10-5-6-11(12(17)9-10)7-8-13(19)18-14(15(20)21)16(2,3)4/h5-9,14H,1-4H3,(H,18,19)(H,20,21)/b8-7+. The number of hydrogen-bond acceptors (Lipinski definition) is 2. The second-order valence-electron chi connectivity index (χ2n) is 6.00. The van der Waals surface area contributed by atoms with Gasteiger partial charge in [-0.2, -0.15) is 0 Å². The Morgan fingerprint density at radius 2 is 1.95 bits per heavy atom. The average Bonchev–Trinajstić information content (AvgIpc) is 2.33. The molecule has 21 heavy (non-hydrogen) atoms. The van der Waals surface area contributed by atoms with Crippen LogP contribution in [0.25, 0.3) is 6.08 Å². The minimum absolute atomic E-state index is 0.426. The average molecular weight is 354 g/mol. The summed E-state index contributed by atoms with van der Waals surface area (Å²) in [6.45, 7) is 7.29. The van der Waals surface area contributed by atoms with Crippen LogP contribution in [-0.2, 0) is 9.59 Å². The number of rotatable bonds is 4. The van der Waals surface area contributed by atoms with E-state index in [1.807, 2.05) is 25.1 Å². The summed E-state index contributed by atoms with van der Waals surface area (Å²) in [7, 11) is 0. The van der Waals surface area contributed by atoms with Gasteiger partial charge in [0.05, 0.1) is 0 Å². The SMILES string of the molecule is Cc1ccc(/C=C/C(=O)NC(C(=O)O)C(C)(C)C)c(Br)c1. The van der Waals surface area contributed by atoms with Crippen LogP contribution in [0.3, 0.4) is 0 Å². The molecule has 0 aromatic heterocycles. The van der Waals surface area contributed by atoms with Crippen molar-refractivity contribution in [3.63, 3.8) is 0 Å². The van der Waals surface area contributed by atoms with E-state index in [9.17, 15) is 14.7 Å². The molecule has 1 atom stereocenters. The van der Waals surface area contributed by atoms with E-state index in [0.717, 1.165) is 15.6 Å². The van der Waals surface area contributed by atoms with Crippen molar-refractivity contribution in [3.8, 4) is 0 Å². The Morgan fingerprint density at radius 3 is 2.43 bits per heavy atom. The maximum absolute atomic E-state index is 11.9. The summed E-state index contributed by atoms with van der Waals surface area (Å²) in [6, 6.07) is 4.85. The van der Waals surface area contributed by atoms with Crippen molar-refractivity contribution in [2.75, 3.05) is 0 Å². The molecule has 1 rings (SSSR count). The molecule has 2 N–H and O–H groups in total. The topological polar surface area (TPSA) is 66.4 Å². The molecule has 0 radical (unpaired) electrons. The first-order valence-corrected chi connectivity index (χ1v) is 7.38. The molecule has 114 valence electrons. The third-order valence-corrected chi connectivity index (χ3v) is 3.66.